The number of benzene rings is 2. The zero-order valence-electron chi connectivity index (χ0n) is 17.1. The first-order valence-electron chi connectivity index (χ1n) is 10.5. The lowest BCUT2D eigenvalue weighted by Crippen LogP contribution is -2.29. The van der Waals surface area contributed by atoms with Crippen LogP contribution in [0.4, 0.5) is 0 Å². The van der Waals surface area contributed by atoms with Crippen LogP contribution in [0.5, 0.6) is 0 Å². The van der Waals surface area contributed by atoms with Crippen molar-refractivity contribution in [3.05, 3.63) is 102 Å². The molecule has 6 nitrogen and oxygen atoms in total. The molecule has 1 aliphatic carbocycles. The van der Waals surface area contributed by atoms with Crippen molar-refractivity contribution in [2.45, 2.75) is 12.5 Å². The van der Waals surface area contributed by atoms with Gasteiger partial charge in [0.1, 0.15) is 5.82 Å². The van der Waals surface area contributed by atoms with Gasteiger partial charge in [-0.25, -0.2) is 4.98 Å². The van der Waals surface area contributed by atoms with E-state index < -0.39 is 0 Å². The Hall–Kier alpha value is -4.32. The number of pyridine rings is 2. The van der Waals surface area contributed by atoms with Crippen LogP contribution >= 0.6 is 0 Å². The van der Waals surface area contributed by atoms with Crippen molar-refractivity contribution >= 4 is 16.9 Å². The highest BCUT2D eigenvalue weighted by Crippen LogP contribution is 2.47. The lowest BCUT2D eigenvalue weighted by molar-refractivity contribution is -0.120. The number of fused-ring (bicyclic) bond motifs is 4. The van der Waals surface area contributed by atoms with E-state index in [0.29, 0.717) is 0 Å². The molecule has 5 aromatic rings. The van der Waals surface area contributed by atoms with Crippen LogP contribution in [-0.4, -0.2) is 25.8 Å². The number of amides is 1. The molecular formula is C26H19N5O. The second-order valence-corrected chi connectivity index (χ2v) is 7.87. The van der Waals surface area contributed by atoms with Crippen LogP contribution in [-0.2, 0) is 11.2 Å². The van der Waals surface area contributed by atoms with E-state index in [1.165, 1.54) is 0 Å². The molecule has 0 fully saturated rings. The van der Waals surface area contributed by atoms with Crippen molar-refractivity contribution < 1.29 is 4.79 Å². The van der Waals surface area contributed by atoms with E-state index in [9.17, 15) is 4.79 Å². The van der Waals surface area contributed by atoms with E-state index >= 15 is 0 Å². The number of aromatic nitrogens is 4. The van der Waals surface area contributed by atoms with Gasteiger partial charge in [-0.05, 0) is 39.9 Å². The molecule has 154 valence electrons. The predicted octanol–water partition coefficient (Wildman–Crippen LogP) is 4.45. The van der Waals surface area contributed by atoms with Gasteiger partial charge in [0, 0.05) is 24.2 Å². The highest BCUT2D eigenvalue weighted by Gasteiger charge is 2.32. The zero-order chi connectivity index (χ0) is 21.5. The van der Waals surface area contributed by atoms with Crippen molar-refractivity contribution in [2.24, 2.45) is 0 Å². The van der Waals surface area contributed by atoms with Crippen molar-refractivity contribution in [3.63, 3.8) is 0 Å². The van der Waals surface area contributed by atoms with E-state index in [-0.39, 0.29) is 18.4 Å². The quantitative estimate of drug-likeness (QED) is 0.453. The van der Waals surface area contributed by atoms with E-state index in [1.807, 2.05) is 36.4 Å². The molecule has 0 bridgehead atoms. The summed E-state index contributed by atoms with van der Waals surface area (Å²) in [5, 5.41) is 3.24. The van der Waals surface area contributed by atoms with Crippen molar-refractivity contribution in [1.29, 1.82) is 0 Å². The van der Waals surface area contributed by atoms with Gasteiger partial charge in [0.2, 0.25) is 5.91 Å². The average Bonchev–Trinajstić information content (AvgIpc) is 3.40. The van der Waals surface area contributed by atoms with Crippen molar-refractivity contribution in [3.8, 4) is 22.5 Å². The minimum atomic E-state index is -0.212. The summed E-state index contributed by atoms with van der Waals surface area (Å²) in [4.78, 5) is 29.4. The van der Waals surface area contributed by atoms with Gasteiger partial charge in [-0.1, -0.05) is 48.5 Å². The molecule has 0 radical (unpaired) electrons. The zero-order valence-corrected chi connectivity index (χ0v) is 17.1. The first-order chi connectivity index (χ1) is 15.8. The number of nitrogens with one attached hydrogen (secondary N) is 2. The van der Waals surface area contributed by atoms with Crippen LogP contribution < -0.4 is 5.32 Å². The Morgan fingerprint density at radius 3 is 2.59 bits per heavy atom. The first-order valence-corrected chi connectivity index (χ1v) is 10.5. The molecule has 6 heteroatoms. The van der Waals surface area contributed by atoms with E-state index in [1.54, 1.807) is 24.8 Å². The number of carbonyl (C=O) groups excluding carboxylic acids is 1. The maximum absolute atomic E-state index is 12.9. The molecule has 0 aliphatic heterocycles. The summed E-state index contributed by atoms with van der Waals surface area (Å²) in [5.74, 6) is 0.757. The Balaban J connectivity index is 1.42. The van der Waals surface area contributed by atoms with Gasteiger partial charge in [-0.15, -0.1) is 0 Å². The van der Waals surface area contributed by atoms with Gasteiger partial charge in [-0.3, -0.25) is 14.8 Å². The third-order valence-corrected chi connectivity index (χ3v) is 5.88. The number of hydrogen-bond donors (Lipinski definition) is 2. The SMILES string of the molecule is O=C(Cc1cccnc1)NC1c2ccccc2-c2c(-c3nc4ccncc4[nH]3)cccc21. The van der Waals surface area contributed by atoms with Gasteiger partial charge in [0.15, 0.2) is 0 Å². The third-order valence-electron chi connectivity index (χ3n) is 5.88. The summed E-state index contributed by atoms with van der Waals surface area (Å²) in [7, 11) is 0. The summed E-state index contributed by atoms with van der Waals surface area (Å²) in [5.41, 5.74) is 8.04. The van der Waals surface area contributed by atoms with Crippen molar-refractivity contribution in [1.82, 2.24) is 25.3 Å². The maximum Gasteiger partial charge on any atom is 0.225 e. The molecule has 2 aromatic carbocycles. The molecule has 32 heavy (non-hydrogen) atoms. The molecular weight excluding hydrogens is 398 g/mol. The molecule has 6 rings (SSSR count). The maximum atomic E-state index is 12.9. The summed E-state index contributed by atoms with van der Waals surface area (Å²) >= 11 is 0. The number of carbonyl (C=O) groups is 1. The Morgan fingerprint density at radius 1 is 0.875 bits per heavy atom. The highest BCUT2D eigenvalue weighted by atomic mass is 16.1. The number of hydrogen-bond acceptors (Lipinski definition) is 4. The van der Waals surface area contributed by atoms with Crippen LogP contribution in [0.2, 0.25) is 0 Å². The fourth-order valence-electron chi connectivity index (χ4n) is 4.49. The van der Waals surface area contributed by atoms with E-state index in [0.717, 1.165) is 50.2 Å². The molecule has 0 spiro atoms. The van der Waals surface area contributed by atoms with Gasteiger partial charge in [0.25, 0.3) is 0 Å². The lowest BCUT2D eigenvalue weighted by Gasteiger charge is -2.16. The fraction of sp³-hybridized carbons (Fsp3) is 0.0769. The number of nitrogens with zero attached hydrogens (tertiary/aromatic N) is 3. The van der Waals surface area contributed by atoms with Crippen molar-refractivity contribution in [2.75, 3.05) is 0 Å². The number of H-pyrrole nitrogens is 1. The van der Waals surface area contributed by atoms with Crippen LogP contribution in [0.15, 0.2) is 85.5 Å². The Labute approximate surface area is 184 Å². The number of rotatable bonds is 4. The topological polar surface area (TPSA) is 83.6 Å². The van der Waals surface area contributed by atoms with Crippen LogP contribution in [0.1, 0.15) is 22.7 Å². The molecule has 1 atom stereocenters. The second-order valence-electron chi connectivity index (χ2n) is 7.87. The molecule has 0 saturated heterocycles. The Kier molecular flexibility index (Phi) is 4.28. The normalized spacial score (nSPS) is 14.2. The smallest absolute Gasteiger partial charge is 0.225 e. The van der Waals surface area contributed by atoms with E-state index in [4.69, 9.17) is 4.98 Å². The summed E-state index contributed by atoms with van der Waals surface area (Å²) in [6, 6.07) is 19.8. The molecule has 0 saturated carbocycles. The number of imidazole rings is 1. The lowest BCUT2D eigenvalue weighted by atomic mass is 9.98. The average molecular weight is 417 g/mol. The molecule has 3 heterocycles. The summed E-state index contributed by atoms with van der Waals surface area (Å²) < 4.78 is 0. The monoisotopic (exact) mass is 417 g/mol. The van der Waals surface area contributed by atoms with Gasteiger partial charge >= 0.3 is 0 Å². The van der Waals surface area contributed by atoms with Gasteiger partial charge in [0.05, 0.1) is 29.7 Å². The predicted molar refractivity (Wildman–Crippen MR) is 123 cm³/mol. The minimum absolute atomic E-state index is 0.0362. The van der Waals surface area contributed by atoms with Crippen LogP contribution in [0.3, 0.4) is 0 Å². The van der Waals surface area contributed by atoms with Gasteiger partial charge < -0.3 is 10.3 Å². The molecule has 1 unspecified atom stereocenters. The van der Waals surface area contributed by atoms with Crippen LogP contribution in [0, 0.1) is 0 Å². The summed E-state index contributed by atoms with van der Waals surface area (Å²) in [6.45, 7) is 0. The molecule has 2 N–H and O–H groups in total. The fourth-order valence-corrected chi connectivity index (χ4v) is 4.49. The second kappa shape index (κ2) is 7.42. The largest absolute Gasteiger partial charge is 0.345 e. The minimum Gasteiger partial charge on any atom is -0.345 e. The molecule has 3 aromatic heterocycles. The van der Waals surface area contributed by atoms with Gasteiger partial charge in [-0.2, -0.15) is 0 Å². The Bertz CT molecular complexity index is 1420. The molecule has 1 aliphatic rings. The highest BCUT2D eigenvalue weighted by molar-refractivity contribution is 5.93. The van der Waals surface area contributed by atoms with E-state index in [2.05, 4.69) is 44.5 Å². The first kappa shape index (κ1) is 18.4. The molecule has 1 amide bonds. The van der Waals surface area contributed by atoms with Crippen LogP contribution in [0.25, 0.3) is 33.5 Å². The standard InChI is InChI=1S/C26H19N5O/c32-23(13-16-5-4-11-27-14-16)31-25-18-7-2-1-6-17(18)24-19(25)8-3-9-20(24)26-29-21-10-12-28-15-22(21)30-26/h1-12,14-15,25H,13H2,(H,29,30)(H,31,32). The Morgan fingerprint density at radius 2 is 1.72 bits per heavy atom. The number of aromatic amines is 1. The summed E-state index contributed by atoms with van der Waals surface area (Å²) in [6.07, 6.45) is 7.25. The third kappa shape index (κ3) is 3.04.